The van der Waals surface area contributed by atoms with Gasteiger partial charge in [0.15, 0.2) is 5.15 Å². The number of hydrogen-bond acceptors (Lipinski definition) is 4. The summed E-state index contributed by atoms with van der Waals surface area (Å²) in [5.41, 5.74) is 1.20. The molecule has 1 aromatic carbocycles. The lowest BCUT2D eigenvalue weighted by molar-refractivity contribution is 0.202. The number of aromatic nitrogens is 2. The molecule has 0 saturated carbocycles. The molecule has 2 aromatic rings. The lowest BCUT2D eigenvalue weighted by Crippen LogP contribution is -1.94. The molecule has 0 spiro atoms. The first-order valence-electron chi connectivity index (χ1n) is 5.51. The number of halogens is 1. The number of ether oxygens (including phenoxy) is 2. The van der Waals surface area contributed by atoms with E-state index in [-0.39, 0.29) is 0 Å². The quantitative estimate of drug-likeness (QED) is 0.832. The van der Waals surface area contributed by atoms with Gasteiger partial charge in [-0.3, -0.25) is 4.98 Å². The van der Waals surface area contributed by atoms with E-state index in [1.807, 2.05) is 24.3 Å². The SMILES string of the molecule is COCCc1ccc(Oc2cncc(Cl)n2)cc1. The van der Waals surface area contributed by atoms with Crippen molar-refractivity contribution in [3.63, 3.8) is 0 Å². The minimum atomic E-state index is 0.309. The van der Waals surface area contributed by atoms with Crippen LogP contribution in [-0.2, 0) is 11.2 Å². The Morgan fingerprint density at radius 3 is 2.61 bits per heavy atom. The zero-order chi connectivity index (χ0) is 12.8. The van der Waals surface area contributed by atoms with E-state index in [2.05, 4.69) is 9.97 Å². The predicted molar refractivity (Wildman–Crippen MR) is 69.1 cm³/mol. The Labute approximate surface area is 111 Å². The summed E-state index contributed by atoms with van der Waals surface area (Å²) in [5, 5.41) is 0.309. The third-order valence-corrected chi connectivity index (χ3v) is 2.51. The van der Waals surface area contributed by atoms with E-state index in [4.69, 9.17) is 21.1 Å². The van der Waals surface area contributed by atoms with Gasteiger partial charge in [-0.25, -0.2) is 0 Å². The highest BCUT2D eigenvalue weighted by atomic mass is 35.5. The van der Waals surface area contributed by atoms with Crippen LogP contribution in [0.3, 0.4) is 0 Å². The lowest BCUT2D eigenvalue weighted by atomic mass is 10.1. The van der Waals surface area contributed by atoms with Crippen molar-refractivity contribution in [2.75, 3.05) is 13.7 Å². The van der Waals surface area contributed by atoms with Gasteiger partial charge in [0.1, 0.15) is 5.75 Å². The van der Waals surface area contributed by atoms with Gasteiger partial charge in [0, 0.05) is 7.11 Å². The molecular formula is C13H13ClN2O2. The first kappa shape index (κ1) is 12.8. The average molecular weight is 265 g/mol. The van der Waals surface area contributed by atoms with E-state index < -0.39 is 0 Å². The summed E-state index contributed by atoms with van der Waals surface area (Å²) in [5.74, 6) is 1.08. The van der Waals surface area contributed by atoms with Crippen molar-refractivity contribution >= 4 is 11.6 Å². The summed E-state index contributed by atoms with van der Waals surface area (Å²) in [7, 11) is 1.69. The van der Waals surface area contributed by atoms with Crippen LogP contribution in [0.15, 0.2) is 36.7 Å². The second-order valence-corrected chi connectivity index (χ2v) is 4.06. The number of rotatable bonds is 5. The molecule has 0 amide bonds. The Morgan fingerprint density at radius 2 is 1.94 bits per heavy atom. The Bertz CT molecular complexity index is 503. The van der Waals surface area contributed by atoms with Gasteiger partial charge in [-0.2, -0.15) is 4.98 Å². The largest absolute Gasteiger partial charge is 0.437 e. The van der Waals surface area contributed by atoms with Gasteiger partial charge in [0.05, 0.1) is 19.0 Å². The molecule has 0 unspecified atom stereocenters. The maximum Gasteiger partial charge on any atom is 0.239 e. The summed E-state index contributed by atoms with van der Waals surface area (Å²) in [4.78, 5) is 7.90. The molecule has 18 heavy (non-hydrogen) atoms. The number of hydrogen-bond donors (Lipinski definition) is 0. The van der Waals surface area contributed by atoms with Crippen LogP contribution in [0, 0.1) is 0 Å². The van der Waals surface area contributed by atoms with E-state index in [1.54, 1.807) is 7.11 Å². The monoisotopic (exact) mass is 264 g/mol. The van der Waals surface area contributed by atoms with Crippen molar-refractivity contribution in [1.82, 2.24) is 9.97 Å². The van der Waals surface area contributed by atoms with Crippen LogP contribution in [0.25, 0.3) is 0 Å². The molecule has 5 heteroatoms. The van der Waals surface area contributed by atoms with E-state index >= 15 is 0 Å². The van der Waals surface area contributed by atoms with Crippen molar-refractivity contribution in [3.05, 3.63) is 47.4 Å². The minimum absolute atomic E-state index is 0.309. The maximum absolute atomic E-state index is 5.73. The highest BCUT2D eigenvalue weighted by Crippen LogP contribution is 2.20. The second-order valence-electron chi connectivity index (χ2n) is 3.67. The fourth-order valence-electron chi connectivity index (χ4n) is 1.44. The van der Waals surface area contributed by atoms with Crippen molar-refractivity contribution in [2.24, 2.45) is 0 Å². The Hall–Kier alpha value is -1.65. The molecule has 0 aliphatic carbocycles. The zero-order valence-corrected chi connectivity index (χ0v) is 10.7. The van der Waals surface area contributed by atoms with E-state index in [9.17, 15) is 0 Å². The van der Waals surface area contributed by atoms with Crippen LogP contribution >= 0.6 is 11.6 Å². The minimum Gasteiger partial charge on any atom is -0.437 e. The molecule has 0 N–H and O–H groups in total. The second kappa shape index (κ2) is 6.33. The molecule has 2 rings (SSSR count). The molecule has 0 bridgehead atoms. The molecule has 0 aliphatic heterocycles. The molecule has 0 radical (unpaired) electrons. The number of benzene rings is 1. The van der Waals surface area contributed by atoms with E-state index in [0.717, 1.165) is 6.42 Å². The van der Waals surface area contributed by atoms with Crippen molar-refractivity contribution < 1.29 is 9.47 Å². The smallest absolute Gasteiger partial charge is 0.239 e. The van der Waals surface area contributed by atoms with Gasteiger partial charge in [-0.05, 0) is 24.1 Å². The topological polar surface area (TPSA) is 44.2 Å². The maximum atomic E-state index is 5.73. The molecule has 94 valence electrons. The average Bonchev–Trinajstić information content (AvgIpc) is 2.38. The van der Waals surface area contributed by atoms with Crippen LogP contribution in [-0.4, -0.2) is 23.7 Å². The lowest BCUT2D eigenvalue weighted by Gasteiger charge is -2.05. The van der Waals surface area contributed by atoms with Crippen molar-refractivity contribution in [1.29, 1.82) is 0 Å². The van der Waals surface area contributed by atoms with Crippen LogP contribution < -0.4 is 4.74 Å². The molecule has 4 nitrogen and oxygen atoms in total. The summed E-state index contributed by atoms with van der Waals surface area (Å²) < 4.78 is 10.5. The number of nitrogens with zero attached hydrogens (tertiary/aromatic N) is 2. The normalized spacial score (nSPS) is 10.3. The fraction of sp³-hybridized carbons (Fsp3) is 0.231. The number of methoxy groups -OCH3 is 1. The first-order chi connectivity index (χ1) is 8.78. The Kier molecular flexibility index (Phi) is 4.50. The molecule has 1 aromatic heterocycles. The van der Waals surface area contributed by atoms with Crippen LogP contribution in [0.1, 0.15) is 5.56 Å². The van der Waals surface area contributed by atoms with Crippen LogP contribution in [0.5, 0.6) is 11.6 Å². The summed E-state index contributed by atoms with van der Waals surface area (Å²) >= 11 is 5.73. The van der Waals surface area contributed by atoms with Crippen molar-refractivity contribution in [3.8, 4) is 11.6 Å². The van der Waals surface area contributed by atoms with Gasteiger partial charge < -0.3 is 9.47 Å². The third kappa shape index (κ3) is 3.68. The Balaban J connectivity index is 2.02. The highest BCUT2D eigenvalue weighted by Gasteiger charge is 2.00. The molecule has 0 saturated heterocycles. The summed E-state index contributed by atoms with van der Waals surface area (Å²) in [6.07, 6.45) is 3.86. The van der Waals surface area contributed by atoms with E-state index in [0.29, 0.717) is 23.4 Å². The predicted octanol–water partition coefficient (Wildman–Crippen LogP) is 3.11. The molecule has 1 heterocycles. The van der Waals surface area contributed by atoms with Crippen LogP contribution in [0.4, 0.5) is 0 Å². The molecule has 0 aliphatic rings. The summed E-state index contributed by atoms with van der Waals surface area (Å²) in [6.45, 7) is 0.708. The zero-order valence-electron chi connectivity index (χ0n) is 9.97. The third-order valence-electron chi connectivity index (χ3n) is 2.32. The van der Waals surface area contributed by atoms with E-state index in [1.165, 1.54) is 18.0 Å². The van der Waals surface area contributed by atoms with Gasteiger partial charge in [-0.15, -0.1) is 0 Å². The first-order valence-corrected chi connectivity index (χ1v) is 5.89. The Morgan fingerprint density at radius 1 is 1.17 bits per heavy atom. The summed E-state index contributed by atoms with van der Waals surface area (Å²) in [6, 6.07) is 7.75. The standard InChI is InChI=1S/C13H13ClN2O2/c1-17-7-6-10-2-4-11(5-3-10)18-13-9-15-8-12(14)16-13/h2-5,8-9H,6-7H2,1H3. The van der Waals surface area contributed by atoms with Crippen molar-refractivity contribution in [2.45, 2.75) is 6.42 Å². The molecular weight excluding hydrogens is 252 g/mol. The van der Waals surface area contributed by atoms with Crippen LogP contribution in [0.2, 0.25) is 5.15 Å². The van der Waals surface area contributed by atoms with Gasteiger partial charge in [-0.1, -0.05) is 23.7 Å². The fourth-order valence-corrected chi connectivity index (χ4v) is 1.58. The van der Waals surface area contributed by atoms with Gasteiger partial charge in [0.25, 0.3) is 0 Å². The molecule has 0 fully saturated rings. The molecule has 0 atom stereocenters. The van der Waals surface area contributed by atoms with Gasteiger partial charge in [0.2, 0.25) is 5.88 Å². The highest BCUT2D eigenvalue weighted by molar-refractivity contribution is 6.29. The van der Waals surface area contributed by atoms with Gasteiger partial charge >= 0.3 is 0 Å².